The van der Waals surface area contributed by atoms with Crippen molar-refractivity contribution in [3.63, 3.8) is 0 Å². The van der Waals surface area contributed by atoms with Crippen molar-refractivity contribution in [1.82, 2.24) is 9.80 Å². The van der Waals surface area contributed by atoms with Gasteiger partial charge >= 0.3 is 5.97 Å². The van der Waals surface area contributed by atoms with E-state index in [1.807, 2.05) is 0 Å². The van der Waals surface area contributed by atoms with Crippen LogP contribution in [0.1, 0.15) is 42.5 Å². The molecule has 0 bridgehead atoms. The molecule has 146 valence electrons. The van der Waals surface area contributed by atoms with Gasteiger partial charge in [0.1, 0.15) is 11.9 Å². The molecule has 2 amide bonds. The van der Waals surface area contributed by atoms with E-state index in [4.69, 9.17) is 4.74 Å². The smallest absolute Gasteiger partial charge is 0.330 e. The number of halogens is 1. The van der Waals surface area contributed by atoms with Gasteiger partial charge in [-0.1, -0.05) is 25.3 Å². The Kier molecular flexibility index (Phi) is 6.08. The summed E-state index contributed by atoms with van der Waals surface area (Å²) in [7, 11) is 1.28. The maximum atomic E-state index is 13.4. The van der Waals surface area contributed by atoms with Gasteiger partial charge in [0.05, 0.1) is 13.7 Å². The largest absolute Gasteiger partial charge is 0.467 e. The minimum Gasteiger partial charge on any atom is -0.467 e. The molecule has 27 heavy (non-hydrogen) atoms. The van der Waals surface area contributed by atoms with E-state index in [-0.39, 0.29) is 36.4 Å². The van der Waals surface area contributed by atoms with Gasteiger partial charge in [-0.25, -0.2) is 9.18 Å². The van der Waals surface area contributed by atoms with Crippen LogP contribution in [0.2, 0.25) is 0 Å². The van der Waals surface area contributed by atoms with Gasteiger partial charge in [-0.15, -0.1) is 0 Å². The van der Waals surface area contributed by atoms with E-state index >= 15 is 0 Å². The minimum absolute atomic E-state index is 0.0250. The van der Waals surface area contributed by atoms with E-state index in [9.17, 15) is 18.8 Å². The summed E-state index contributed by atoms with van der Waals surface area (Å²) in [5, 5.41) is 0. The zero-order valence-corrected chi connectivity index (χ0v) is 15.5. The van der Waals surface area contributed by atoms with Gasteiger partial charge in [-0.3, -0.25) is 9.59 Å². The molecule has 1 atom stereocenters. The molecule has 6 nitrogen and oxygen atoms in total. The number of ether oxygens (including phenoxy) is 1. The van der Waals surface area contributed by atoms with E-state index in [2.05, 4.69) is 0 Å². The van der Waals surface area contributed by atoms with Crippen molar-refractivity contribution in [2.75, 3.05) is 26.7 Å². The van der Waals surface area contributed by atoms with Gasteiger partial charge in [-0.2, -0.15) is 0 Å². The molecule has 2 fully saturated rings. The second-order valence-electron chi connectivity index (χ2n) is 7.17. The van der Waals surface area contributed by atoms with Gasteiger partial charge in [0.2, 0.25) is 5.91 Å². The Balaban J connectivity index is 1.75. The number of piperazine rings is 1. The predicted octanol–water partition coefficient (Wildman–Crippen LogP) is 2.23. The molecule has 1 aromatic carbocycles. The van der Waals surface area contributed by atoms with E-state index in [0.717, 1.165) is 32.1 Å². The molecule has 0 N–H and O–H groups in total. The number of benzene rings is 1. The van der Waals surface area contributed by atoms with Gasteiger partial charge in [-0.05, 0) is 31.0 Å². The molecule has 0 unspecified atom stereocenters. The van der Waals surface area contributed by atoms with Crippen LogP contribution in [0.4, 0.5) is 4.39 Å². The molecule has 1 heterocycles. The van der Waals surface area contributed by atoms with Crippen LogP contribution < -0.4 is 0 Å². The number of amides is 2. The second-order valence-corrected chi connectivity index (χ2v) is 7.17. The summed E-state index contributed by atoms with van der Waals surface area (Å²) in [5.74, 6) is -1.46. The fourth-order valence-corrected chi connectivity index (χ4v) is 3.96. The van der Waals surface area contributed by atoms with Gasteiger partial charge in [0, 0.05) is 24.6 Å². The van der Waals surface area contributed by atoms with Crippen LogP contribution >= 0.6 is 0 Å². The van der Waals surface area contributed by atoms with E-state index in [0.29, 0.717) is 6.54 Å². The minimum atomic E-state index is -0.823. The van der Waals surface area contributed by atoms with Crippen LogP contribution in [0.3, 0.4) is 0 Å². The maximum absolute atomic E-state index is 13.4. The fraction of sp³-hybridized carbons (Fsp3) is 0.550. The van der Waals surface area contributed by atoms with Crippen LogP contribution in [0, 0.1) is 11.7 Å². The monoisotopic (exact) mass is 376 g/mol. The predicted molar refractivity (Wildman–Crippen MR) is 96.4 cm³/mol. The number of carbonyl (C=O) groups is 3. The summed E-state index contributed by atoms with van der Waals surface area (Å²) >= 11 is 0. The zero-order valence-electron chi connectivity index (χ0n) is 15.5. The molecule has 0 aromatic heterocycles. The molecule has 1 saturated heterocycles. The van der Waals surface area contributed by atoms with Crippen LogP contribution in [0.25, 0.3) is 0 Å². The normalized spacial score (nSPS) is 21.0. The third-order valence-corrected chi connectivity index (χ3v) is 5.45. The molecule has 1 aliphatic carbocycles. The highest BCUT2D eigenvalue weighted by Crippen LogP contribution is 2.27. The highest BCUT2D eigenvalue weighted by molar-refractivity contribution is 5.95. The SMILES string of the molecule is COC(=O)[C@H]1CN(C(=O)c2cccc(F)c2)CCN1C(=O)C1CCCCC1. The first-order valence-electron chi connectivity index (χ1n) is 9.44. The highest BCUT2D eigenvalue weighted by atomic mass is 19.1. The Bertz CT molecular complexity index is 718. The summed E-state index contributed by atoms with van der Waals surface area (Å²) in [4.78, 5) is 41.0. The number of hydrogen-bond donors (Lipinski definition) is 0. The molecule has 0 spiro atoms. The summed E-state index contributed by atoms with van der Waals surface area (Å²) in [6, 6.07) is 4.64. The highest BCUT2D eigenvalue weighted by Gasteiger charge is 2.40. The number of hydrogen-bond acceptors (Lipinski definition) is 4. The molecule has 1 saturated carbocycles. The van der Waals surface area contributed by atoms with E-state index < -0.39 is 17.8 Å². The number of nitrogens with zero attached hydrogens (tertiary/aromatic N) is 2. The molecule has 3 rings (SSSR count). The summed E-state index contributed by atoms with van der Waals surface area (Å²) in [6.07, 6.45) is 4.87. The first-order valence-corrected chi connectivity index (χ1v) is 9.44. The van der Waals surface area contributed by atoms with Gasteiger partial charge in [0.15, 0.2) is 0 Å². The second kappa shape index (κ2) is 8.50. The average Bonchev–Trinajstić information content (AvgIpc) is 2.72. The van der Waals surface area contributed by atoms with E-state index in [1.54, 1.807) is 4.90 Å². The Morgan fingerprint density at radius 1 is 1.11 bits per heavy atom. The van der Waals surface area contributed by atoms with Gasteiger partial charge < -0.3 is 14.5 Å². The Morgan fingerprint density at radius 2 is 1.85 bits per heavy atom. The topological polar surface area (TPSA) is 66.9 Å². The lowest BCUT2D eigenvalue weighted by Gasteiger charge is -2.41. The third-order valence-electron chi connectivity index (χ3n) is 5.45. The van der Waals surface area contributed by atoms with Crippen molar-refractivity contribution in [3.05, 3.63) is 35.6 Å². The molecule has 1 aromatic rings. The Hall–Kier alpha value is -2.44. The van der Waals surface area contributed by atoms with Gasteiger partial charge in [0.25, 0.3) is 5.91 Å². The molecular weight excluding hydrogens is 351 g/mol. The van der Waals surface area contributed by atoms with E-state index in [1.165, 1.54) is 36.3 Å². The van der Waals surface area contributed by atoms with Crippen molar-refractivity contribution >= 4 is 17.8 Å². The third kappa shape index (κ3) is 4.28. The molecule has 1 aliphatic heterocycles. The number of esters is 1. The Labute approximate surface area is 158 Å². The summed E-state index contributed by atoms with van der Waals surface area (Å²) < 4.78 is 18.3. The van der Waals surface area contributed by atoms with Crippen molar-refractivity contribution in [1.29, 1.82) is 0 Å². The first-order chi connectivity index (χ1) is 13.0. The lowest BCUT2D eigenvalue weighted by Crippen LogP contribution is -2.60. The zero-order chi connectivity index (χ0) is 19.4. The first kappa shape index (κ1) is 19.3. The van der Waals surface area contributed by atoms with Crippen molar-refractivity contribution < 1.29 is 23.5 Å². The number of rotatable bonds is 3. The molecular formula is C20H25FN2O4. The Morgan fingerprint density at radius 3 is 2.52 bits per heavy atom. The number of methoxy groups -OCH3 is 1. The van der Waals surface area contributed by atoms with Crippen molar-refractivity contribution in [3.8, 4) is 0 Å². The van der Waals surface area contributed by atoms with Crippen LogP contribution in [-0.4, -0.2) is 60.4 Å². The average molecular weight is 376 g/mol. The number of carbonyl (C=O) groups excluding carboxylic acids is 3. The lowest BCUT2D eigenvalue weighted by molar-refractivity contribution is -0.157. The lowest BCUT2D eigenvalue weighted by atomic mass is 9.87. The summed E-state index contributed by atoms with van der Waals surface area (Å²) in [5.41, 5.74) is 0.227. The van der Waals surface area contributed by atoms with Crippen LogP contribution in [0.5, 0.6) is 0 Å². The maximum Gasteiger partial charge on any atom is 0.330 e. The quantitative estimate of drug-likeness (QED) is 0.759. The fourth-order valence-electron chi connectivity index (χ4n) is 3.96. The molecule has 2 aliphatic rings. The standard InChI is InChI=1S/C20H25FN2O4/c1-27-20(26)17-13-22(18(24)15-8-5-9-16(21)12-15)10-11-23(17)19(25)14-6-3-2-4-7-14/h5,8-9,12,14,17H,2-4,6-7,10-11,13H2,1H3/t17-/m1/s1. The summed E-state index contributed by atoms with van der Waals surface area (Å²) in [6.45, 7) is 0.637. The molecule has 7 heteroatoms. The van der Waals surface area contributed by atoms with Crippen LogP contribution in [0.15, 0.2) is 24.3 Å². The molecule has 0 radical (unpaired) electrons. The van der Waals surface area contributed by atoms with Crippen molar-refractivity contribution in [2.45, 2.75) is 38.1 Å². The van der Waals surface area contributed by atoms with Crippen molar-refractivity contribution in [2.24, 2.45) is 5.92 Å². The van der Waals surface area contributed by atoms with Crippen LogP contribution in [-0.2, 0) is 14.3 Å².